The number of benzene rings is 2. The minimum atomic E-state index is 0.283. The molecular weight excluding hydrogens is 340 g/mol. The van der Waals surface area contributed by atoms with Crippen molar-refractivity contribution in [3.8, 4) is 11.5 Å². The highest BCUT2D eigenvalue weighted by molar-refractivity contribution is 5.46. The molecule has 2 aromatic carbocycles. The van der Waals surface area contributed by atoms with E-state index in [0.717, 1.165) is 36.0 Å². The highest BCUT2D eigenvalue weighted by Gasteiger charge is 2.13. The standard InChI is InChI=1S/C21H22N4O2/c1-2-25(14-16-6-4-3-5-7-16)20-10-11-22-21(24-20)23-13-17-8-9-18-19(12-17)27-15-26-18/h3-12H,2,13-15H2,1H3,(H,22,23,24). The topological polar surface area (TPSA) is 59.5 Å². The van der Waals surface area contributed by atoms with E-state index in [1.807, 2.05) is 30.3 Å². The van der Waals surface area contributed by atoms with Gasteiger partial charge in [-0.25, -0.2) is 4.98 Å². The van der Waals surface area contributed by atoms with Gasteiger partial charge in [0.15, 0.2) is 11.5 Å². The van der Waals surface area contributed by atoms with E-state index in [2.05, 4.69) is 51.4 Å². The third-order valence-electron chi connectivity index (χ3n) is 4.45. The molecule has 27 heavy (non-hydrogen) atoms. The lowest BCUT2D eigenvalue weighted by Gasteiger charge is -2.22. The van der Waals surface area contributed by atoms with Crippen molar-refractivity contribution in [2.75, 3.05) is 23.6 Å². The minimum absolute atomic E-state index is 0.283. The van der Waals surface area contributed by atoms with E-state index in [1.165, 1.54) is 5.56 Å². The number of hydrogen-bond donors (Lipinski definition) is 1. The van der Waals surface area contributed by atoms with Crippen molar-refractivity contribution < 1.29 is 9.47 Å². The maximum Gasteiger partial charge on any atom is 0.231 e. The van der Waals surface area contributed by atoms with Crippen LogP contribution in [0.25, 0.3) is 0 Å². The SMILES string of the molecule is CCN(Cc1ccccc1)c1ccnc(NCc2ccc3c(c2)OCO3)n1. The van der Waals surface area contributed by atoms with Crippen LogP contribution in [0.15, 0.2) is 60.8 Å². The van der Waals surface area contributed by atoms with Gasteiger partial charge in [0.1, 0.15) is 5.82 Å². The highest BCUT2D eigenvalue weighted by Crippen LogP contribution is 2.32. The van der Waals surface area contributed by atoms with E-state index in [1.54, 1.807) is 6.20 Å². The van der Waals surface area contributed by atoms with Crippen molar-refractivity contribution in [1.82, 2.24) is 9.97 Å². The molecule has 0 unspecified atom stereocenters. The molecule has 6 nitrogen and oxygen atoms in total. The van der Waals surface area contributed by atoms with Crippen LogP contribution in [-0.2, 0) is 13.1 Å². The molecule has 3 aromatic rings. The number of rotatable bonds is 7. The van der Waals surface area contributed by atoms with Gasteiger partial charge >= 0.3 is 0 Å². The second-order valence-corrected chi connectivity index (χ2v) is 6.28. The van der Waals surface area contributed by atoms with E-state index >= 15 is 0 Å². The van der Waals surface area contributed by atoms with Crippen molar-refractivity contribution in [2.45, 2.75) is 20.0 Å². The third kappa shape index (κ3) is 4.11. The summed E-state index contributed by atoms with van der Waals surface area (Å²) >= 11 is 0. The Bertz CT molecular complexity index is 902. The van der Waals surface area contributed by atoms with Gasteiger partial charge in [-0.15, -0.1) is 0 Å². The van der Waals surface area contributed by atoms with Crippen molar-refractivity contribution in [1.29, 1.82) is 0 Å². The predicted molar refractivity (Wildman–Crippen MR) is 105 cm³/mol. The largest absolute Gasteiger partial charge is 0.454 e. The summed E-state index contributed by atoms with van der Waals surface area (Å²) in [4.78, 5) is 11.2. The van der Waals surface area contributed by atoms with Crippen LogP contribution in [0.4, 0.5) is 11.8 Å². The third-order valence-corrected chi connectivity index (χ3v) is 4.45. The zero-order valence-corrected chi connectivity index (χ0v) is 15.3. The average molecular weight is 362 g/mol. The average Bonchev–Trinajstić information content (AvgIpc) is 3.19. The number of anilines is 2. The number of hydrogen-bond acceptors (Lipinski definition) is 6. The molecule has 6 heteroatoms. The van der Waals surface area contributed by atoms with Crippen LogP contribution in [0.3, 0.4) is 0 Å². The Labute approximate surface area is 158 Å². The fraction of sp³-hybridized carbons (Fsp3) is 0.238. The van der Waals surface area contributed by atoms with Crippen LogP contribution in [0.1, 0.15) is 18.1 Å². The van der Waals surface area contributed by atoms with Crippen molar-refractivity contribution >= 4 is 11.8 Å². The predicted octanol–water partition coefficient (Wildman–Crippen LogP) is 3.84. The van der Waals surface area contributed by atoms with Crippen LogP contribution in [0.2, 0.25) is 0 Å². The number of fused-ring (bicyclic) bond motifs is 1. The van der Waals surface area contributed by atoms with Crippen LogP contribution >= 0.6 is 0 Å². The second kappa shape index (κ2) is 7.95. The van der Waals surface area contributed by atoms with E-state index in [9.17, 15) is 0 Å². The lowest BCUT2D eigenvalue weighted by molar-refractivity contribution is 0.174. The molecule has 0 fully saturated rings. The molecule has 138 valence electrons. The summed E-state index contributed by atoms with van der Waals surface area (Å²) in [7, 11) is 0. The first-order valence-electron chi connectivity index (χ1n) is 9.06. The maximum absolute atomic E-state index is 5.42. The molecule has 0 saturated carbocycles. The van der Waals surface area contributed by atoms with E-state index in [-0.39, 0.29) is 6.79 Å². The molecule has 0 radical (unpaired) electrons. The van der Waals surface area contributed by atoms with Gasteiger partial charge in [0.2, 0.25) is 12.7 Å². The van der Waals surface area contributed by atoms with Gasteiger partial charge in [0.25, 0.3) is 0 Å². The van der Waals surface area contributed by atoms with Crippen LogP contribution in [0.5, 0.6) is 11.5 Å². The van der Waals surface area contributed by atoms with E-state index < -0.39 is 0 Å². The maximum atomic E-state index is 5.42. The molecule has 0 amide bonds. The molecule has 0 aliphatic carbocycles. The molecular formula is C21H22N4O2. The summed E-state index contributed by atoms with van der Waals surface area (Å²) < 4.78 is 10.8. The normalized spacial score (nSPS) is 12.0. The van der Waals surface area contributed by atoms with E-state index in [0.29, 0.717) is 12.5 Å². The molecule has 0 bridgehead atoms. The van der Waals surface area contributed by atoms with Crippen LogP contribution in [-0.4, -0.2) is 23.3 Å². The zero-order valence-electron chi connectivity index (χ0n) is 15.3. The summed E-state index contributed by atoms with van der Waals surface area (Å²) in [6.45, 7) is 4.71. The van der Waals surface area contributed by atoms with Crippen molar-refractivity contribution in [2.24, 2.45) is 0 Å². The molecule has 0 atom stereocenters. The molecule has 0 spiro atoms. The fourth-order valence-electron chi connectivity index (χ4n) is 3.00. The number of nitrogens with zero attached hydrogens (tertiary/aromatic N) is 3. The van der Waals surface area contributed by atoms with Gasteiger partial charge in [0.05, 0.1) is 0 Å². The smallest absolute Gasteiger partial charge is 0.231 e. The zero-order chi connectivity index (χ0) is 18.5. The molecule has 1 N–H and O–H groups in total. The Hall–Kier alpha value is -3.28. The summed E-state index contributed by atoms with van der Waals surface area (Å²) in [5.74, 6) is 3.08. The minimum Gasteiger partial charge on any atom is -0.454 e. The quantitative estimate of drug-likeness (QED) is 0.689. The first-order valence-corrected chi connectivity index (χ1v) is 9.06. The molecule has 2 heterocycles. The first kappa shape index (κ1) is 17.1. The summed E-state index contributed by atoms with van der Waals surface area (Å²) in [5.41, 5.74) is 2.35. The molecule has 1 aliphatic rings. The van der Waals surface area contributed by atoms with Gasteiger partial charge in [0, 0.05) is 25.8 Å². The number of aromatic nitrogens is 2. The highest BCUT2D eigenvalue weighted by atomic mass is 16.7. The Morgan fingerprint density at radius 1 is 1.00 bits per heavy atom. The summed E-state index contributed by atoms with van der Waals surface area (Å²) in [6, 6.07) is 18.3. The molecule has 1 aliphatic heterocycles. The second-order valence-electron chi connectivity index (χ2n) is 6.28. The van der Waals surface area contributed by atoms with Gasteiger partial charge in [-0.3, -0.25) is 0 Å². The molecule has 0 saturated heterocycles. The monoisotopic (exact) mass is 362 g/mol. The Morgan fingerprint density at radius 3 is 2.70 bits per heavy atom. The number of ether oxygens (including phenoxy) is 2. The molecule has 4 rings (SSSR count). The summed E-state index contributed by atoms with van der Waals surface area (Å²) in [6.07, 6.45) is 1.79. The Morgan fingerprint density at radius 2 is 1.85 bits per heavy atom. The lowest BCUT2D eigenvalue weighted by Crippen LogP contribution is -2.23. The van der Waals surface area contributed by atoms with Gasteiger partial charge < -0.3 is 19.7 Å². The first-order chi connectivity index (χ1) is 13.3. The van der Waals surface area contributed by atoms with Gasteiger partial charge in [-0.1, -0.05) is 36.4 Å². The van der Waals surface area contributed by atoms with Crippen LogP contribution in [0, 0.1) is 0 Å². The summed E-state index contributed by atoms with van der Waals surface area (Å²) in [5, 5.41) is 3.29. The molecule has 1 aromatic heterocycles. The van der Waals surface area contributed by atoms with Crippen molar-refractivity contribution in [3.63, 3.8) is 0 Å². The van der Waals surface area contributed by atoms with E-state index in [4.69, 9.17) is 9.47 Å². The van der Waals surface area contributed by atoms with Gasteiger partial charge in [-0.2, -0.15) is 4.98 Å². The number of nitrogens with one attached hydrogen (secondary N) is 1. The van der Waals surface area contributed by atoms with Crippen LogP contribution < -0.4 is 19.7 Å². The van der Waals surface area contributed by atoms with Crippen molar-refractivity contribution in [3.05, 3.63) is 71.9 Å². The lowest BCUT2D eigenvalue weighted by atomic mass is 10.2. The Balaban J connectivity index is 1.43. The fourth-order valence-corrected chi connectivity index (χ4v) is 3.00. The van der Waals surface area contributed by atoms with Gasteiger partial charge in [-0.05, 0) is 36.2 Å². The Kier molecular flexibility index (Phi) is 5.05.